The molecule has 0 aliphatic heterocycles. The quantitative estimate of drug-likeness (QED) is 0.910. The Bertz CT molecular complexity index is 623. The van der Waals surface area contributed by atoms with Gasteiger partial charge in [-0.3, -0.25) is 9.78 Å². The van der Waals surface area contributed by atoms with Crippen molar-refractivity contribution in [2.24, 2.45) is 0 Å². The molecule has 0 aliphatic carbocycles. The maximum atomic E-state index is 12.3. The number of hydrogen-bond acceptors (Lipinski definition) is 4. The number of carbonyl (C=O) groups excluding carboxylic acids is 1. The average Bonchev–Trinajstić information content (AvgIpc) is 2.41. The number of halogens is 3. The van der Waals surface area contributed by atoms with Crippen LogP contribution in [0.3, 0.4) is 0 Å². The van der Waals surface area contributed by atoms with E-state index in [9.17, 15) is 18.0 Å². The van der Waals surface area contributed by atoms with Gasteiger partial charge < -0.3 is 11.1 Å². The van der Waals surface area contributed by atoms with Crippen LogP contribution in [0.2, 0.25) is 0 Å². The lowest BCUT2D eigenvalue weighted by atomic mass is 10.2. The van der Waals surface area contributed by atoms with Crippen LogP contribution in [0.4, 0.5) is 24.5 Å². The van der Waals surface area contributed by atoms with Gasteiger partial charge in [-0.2, -0.15) is 13.2 Å². The van der Waals surface area contributed by atoms with Gasteiger partial charge in [0, 0.05) is 5.69 Å². The van der Waals surface area contributed by atoms with E-state index in [0.717, 1.165) is 18.3 Å². The molecule has 0 atom stereocenters. The van der Waals surface area contributed by atoms with Crippen LogP contribution in [0, 0.1) is 0 Å². The van der Waals surface area contributed by atoms with Gasteiger partial charge in [-0.15, -0.1) is 0 Å². The normalized spacial score (nSPS) is 11.2. The lowest BCUT2D eigenvalue weighted by Crippen LogP contribution is -2.16. The molecular formula is C13H11F3N4O. The summed E-state index contributed by atoms with van der Waals surface area (Å²) in [5.74, 6) is -0.408. The van der Waals surface area contributed by atoms with Crippen LogP contribution in [0.5, 0.6) is 0 Å². The Hall–Kier alpha value is -2.64. The average molecular weight is 296 g/mol. The molecule has 0 unspecified atom stereocenters. The van der Waals surface area contributed by atoms with Crippen molar-refractivity contribution < 1.29 is 18.0 Å². The molecule has 110 valence electrons. The highest BCUT2D eigenvalue weighted by Gasteiger charge is 2.32. The number of nitrogen functional groups attached to an aromatic ring is 1. The van der Waals surface area contributed by atoms with E-state index in [4.69, 9.17) is 5.73 Å². The van der Waals surface area contributed by atoms with Crippen molar-refractivity contribution in [3.63, 3.8) is 0 Å². The Morgan fingerprint density at radius 1 is 1.14 bits per heavy atom. The zero-order valence-corrected chi connectivity index (χ0v) is 10.7. The van der Waals surface area contributed by atoms with Crippen molar-refractivity contribution in [2.75, 3.05) is 11.1 Å². The van der Waals surface area contributed by atoms with E-state index in [2.05, 4.69) is 15.3 Å². The Balaban J connectivity index is 1.98. The van der Waals surface area contributed by atoms with Crippen LogP contribution in [0.1, 0.15) is 11.4 Å². The predicted octanol–water partition coefficient (Wildman–Crippen LogP) is 2.26. The summed E-state index contributed by atoms with van der Waals surface area (Å²) in [5.41, 5.74) is 5.62. The third kappa shape index (κ3) is 4.16. The number of pyridine rings is 2. The number of hydrogen-bond donors (Lipinski definition) is 2. The fraction of sp³-hybridized carbons (Fsp3) is 0.154. The second-order valence-electron chi connectivity index (χ2n) is 4.24. The van der Waals surface area contributed by atoms with E-state index in [-0.39, 0.29) is 12.1 Å². The maximum absolute atomic E-state index is 12.3. The number of aromatic nitrogens is 2. The molecule has 0 spiro atoms. The molecule has 2 aromatic rings. The van der Waals surface area contributed by atoms with Crippen molar-refractivity contribution >= 4 is 17.3 Å². The lowest BCUT2D eigenvalue weighted by molar-refractivity contribution is -0.141. The number of nitrogens with two attached hydrogens (primary N) is 1. The number of amides is 1. The van der Waals surface area contributed by atoms with Crippen LogP contribution >= 0.6 is 0 Å². The fourth-order valence-corrected chi connectivity index (χ4v) is 1.55. The van der Waals surface area contributed by atoms with E-state index in [1.54, 1.807) is 12.1 Å². The molecule has 0 bridgehead atoms. The minimum Gasteiger partial charge on any atom is -0.397 e. The minimum atomic E-state index is -4.50. The van der Waals surface area contributed by atoms with Crippen LogP contribution in [0.25, 0.3) is 0 Å². The molecule has 0 aromatic carbocycles. The van der Waals surface area contributed by atoms with Crippen LogP contribution < -0.4 is 11.1 Å². The molecule has 21 heavy (non-hydrogen) atoms. The van der Waals surface area contributed by atoms with Crippen molar-refractivity contribution in [1.29, 1.82) is 0 Å². The largest absolute Gasteiger partial charge is 0.433 e. The van der Waals surface area contributed by atoms with E-state index < -0.39 is 17.8 Å². The molecular weight excluding hydrogens is 285 g/mol. The van der Waals surface area contributed by atoms with Crippen molar-refractivity contribution in [1.82, 2.24) is 9.97 Å². The zero-order chi connectivity index (χ0) is 15.5. The number of anilines is 2. The molecule has 0 saturated heterocycles. The summed E-state index contributed by atoms with van der Waals surface area (Å²) in [6, 6.07) is 5.15. The summed E-state index contributed by atoms with van der Waals surface area (Å²) in [4.78, 5) is 18.9. The number of rotatable bonds is 3. The van der Waals surface area contributed by atoms with Crippen LogP contribution in [-0.4, -0.2) is 15.9 Å². The molecule has 3 N–H and O–H groups in total. The fourth-order valence-electron chi connectivity index (χ4n) is 1.55. The molecule has 0 saturated carbocycles. The minimum absolute atomic E-state index is 0.0126. The molecule has 2 rings (SSSR count). The smallest absolute Gasteiger partial charge is 0.397 e. The molecule has 2 aromatic heterocycles. The SMILES string of the molecule is Nc1ccc(CC(=O)Nc2ccc(C(F)(F)F)nc2)nc1. The Morgan fingerprint density at radius 3 is 2.43 bits per heavy atom. The lowest BCUT2D eigenvalue weighted by Gasteiger charge is -2.08. The first-order valence-corrected chi connectivity index (χ1v) is 5.88. The third-order valence-electron chi connectivity index (χ3n) is 2.53. The first-order valence-electron chi connectivity index (χ1n) is 5.88. The van der Waals surface area contributed by atoms with Crippen molar-refractivity contribution in [3.05, 3.63) is 48.0 Å². The molecule has 5 nitrogen and oxygen atoms in total. The Morgan fingerprint density at radius 2 is 1.90 bits per heavy atom. The van der Waals surface area contributed by atoms with Gasteiger partial charge in [-0.1, -0.05) is 0 Å². The van der Waals surface area contributed by atoms with E-state index in [1.807, 2.05) is 0 Å². The van der Waals surface area contributed by atoms with Gasteiger partial charge in [0.05, 0.1) is 30.2 Å². The van der Waals surface area contributed by atoms with E-state index in [1.165, 1.54) is 6.20 Å². The summed E-state index contributed by atoms with van der Waals surface area (Å²) in [6.45, 7) is 0. The second kappa shape index (κ2) is 5.78. The first kappa shape index (κ1) is 14.8. The molecule has 0 fully saturated rings. The summed E-state index contributed by atoms with van der Waals surface area (Å²) in [5, 5.41) is 2.44. The van der Waals surface area contributed by atoms with Gasteiger partial charge in [0.2, 0.25) is 5.91 Å². The third-order valence-corrected chi connectivity index (χ3v) is 2.53. The summed E-state index contributed by atoms with van der Waals surface area (Å²) in [7, 11) is 0. The predicted molar refractivity (Wildman–Crippen MR) is 70.2 cm³/mol. The summed E-state index contributed by atoms with van der Waals surface area (Å²) in [6.07, 6.45) is -2.14. The van der Waals surface area contributed by atoms with Crippen molar-refractivity contribution in [2.45, 2.75) is 12.6 Å². The second-order valence-corrected chi connectivity index (χ2v) is 4.24. The van der Waals surface area contributed by atoms with Gasteiger partial charge in [-0.05, 0) is 24.3 Å². The number of nitrogens with zero attached hydrogens (tertiary/aromatic N) is 2. The number of alkyl halides is 3. The topological polar surface area (TPSA) is 80.9 Å². The number of carbonyl (C=O) groups is 1. The van der Waals surface area contributed by atoms with Gasteiger partial charge in [-0.25, -0.2) is 4.98 Å². The number of nitrogens with one attached hydrogen (secondary N) is 1. The Labute approximate surface area is 118 Å². The van der Waals surface area contributed by atoms with E-state index >= 15 is 0 Å². The van der Waals surface area contributed by atoms with E-state index in [0.29, 0.717) is 11.4 Å². The van der Waals surface area contributed by atoms with Gasteiger partial charge in [0.15, 0.2) is 0 Å². The monoisotopic (exact) mass is 296 g/mol. The molecule has 2 heterocycles. The van der Waals surface area contributed by atoms with Crippen LogP contribution in [0.15, 0.2) is 36.7 Å². The zero-order valence-electron chi connectivity index (χ0n) is 10.7. The molecule has 1 amide bonds. The van der Waals surface area contributed by atoms with Gasteiger partial charge in [0.1, 0.15) is 5.69 Å². The highest BCUT2D eigenvalue weighted by atomic mass is 19.4. The summed E-state index contributed by atoms with van der Waals surface area (Å²) < 4.78 is 37.0. The van der Waals surface area contributed by atoms with Crippen LogP contribution in [-0.2, 0) is 17.4 Å². The highest BCUT2D eigenvalue weighted by Crippen LogP contribution is 2.27. The van der Waals surface area contributed by atoms with Crippen molar-refractivity contribution in [3.8, 4) is 0 Å². The standard InChI is InChI=1S/C13H11F3N4O/c14-13(15,16)11-4-3-10(7-19-11)20-12(21)5-9-2-1-8(17)6-18-9/h1-4,6-7H,5,17H2,(H,20,21). The molecule has 8 heteroatoms. The maximum Gasteiger partial charge on any atom is 0.433 e. The molecule has 0 radical (unpaired) electrons. The molecule has 0 aliphatic rings. The first-order chi connectivity index (χ1) is 9.84. The van der Waals surface area contributed by atoms with Gasteiger partial charge >= 0.3 is 6.18 Å². The van der Waals surface area contributed by atoms with Gasteiger partial charge in [0.25, 0.3) is 0 Å². The highest BCUT2D eigenvalue weighted by molar-refractivity contribution is 5.91. The Kier molecular flexibility index (Phi) is 4.06. The summed E-state index contributed by atoms with van der Waals surface area (Å²) >= 11 is 0.